The summed E-state index contributed by atoms with van der Waals surface area (Å²) >= 11 is 0. The van der Waals surface area contributed by atoms with E-state index in [4.69, 9.17) is 9.88 Å². The fourth-order valence-electron chi connectivity index (χ4n) is 2.17. The summed E-state index contributed by atoms with van der Waals surface area (Å²) in [7, 11) is -3.53. The van der Waals surface area contributed by atoms with E-state index in [0.717, 1.165) is 19.3 Å². The summed E-state index contributed by atoms with van der Waals surface area (Å²) in [6.45, 7) is 1.20. The van der Waals surface area contributed by atoms with Crippen LogP contribution in [0.2, 0.25) is 0 Å². The summed E-state index contributed by atoms with van der Waals surface area (Å²) < 4.78 is 29.2. The van der Waals surface area contributed by atoms with Gasteiger partial charge in [-0.2, -0.15) is 12.7 Å². The van der Waals surface area contributed by atoms with E-state index in [9.17, 15) is 8.42 Å². The molecule has 6 heteroatoms. The third-order valence-electron chi connectivity index (χ3n) is 2.74. The first-order valence-corrected chi connectivity index (χ1v) is 6.00. The molecule has 2 aliphatic heterocycles. The average molecular weight is 206 g/mol. The summed E-state index contributed by atoms with van der Waals surface area (Å²) in [5.74, 6) is 0. The largest absolute Gasteiger partial charge is 0.376 e. The van der Waals surface area contributed by atoms with Crippen molar-refractivity contribution in [2.24, 2.45) is 5.14 Å². The summed E-state index contributed by atoms with van der Waals surface area (Å²) in [6, 6.07) is -0.0104. The van der Waals surface area contributed by atoms with Gasteiger partial charge in [0.1, 0.15) is 0 Å². The van der Waals surface area contributed by atoms with Gasteiger partial charge < -0.3 is 4.74 Å². The molecule has 0 aromatic heterocycles. The standard InChI is InChI=1S/C7H14N2O3S/c8-13(10,11)9-4-1-2-7-6(9)3-5-12-7/h6-7H,1-5H2,(H2,8,10,11)/t6-,7-/m1/s1. The molecule has 2 N–H and O–H groups in total. The maximum atomic E-state index is 11.2. The van der Waals surface area contributed by atoms with Crippen LogP contribution in [0.3, 0.4) is 0 Å². The second kappa shape index (κ2) is 3.20. The van der Waals surface area contributed by atoms with Gasteiger partial charge in [0.15, 0.2) is 0 Å². The van der Waals surface area contributed by atoms with Gasteiger partial charge in [-0.05, 0) is 19.3 Å². The Labute approximate surface area is 78.0 Å². The Balaban J connectivity index is 2.19. The maximum Gasteiger partial charge on any atom is 0.277 e. The van der Waals surface area contributed by atoms with Crippen LogP contribution in [0.4, 0.5) is 0 Å². The molecular formula is C7H14N2O3S. The van der Waals surface area contributed by atoms with Crippen molar-refractivity contribution < 1.29 is 13.2 Å². The van der Waals surface area contributed by atoms with Crippen molar-refractivity contribution in [2.75, 3.05) is 13.2 Å². The molecule has 0 saturated carbocycles. The molecule has 0 spiro atoms. The van der Waals surface area contributed by atoms with Gasteiger partial charge in [0, 0.05) is 13.2 Å². The van der Waals surface area contributed by atoms with E-state index in [1.165, 1.54) is 4.31 Å². The van der Waals surface area contributed by atoms with Crippen LogP contribution in [0.5, 0.6) is 0 Å². The highest BCUT2D eigenvalue weighted by atomic mass is 32.2. The first-order chi connectivity index (χ1) is 6.09. The monoisotopic (exact) mass is 206 g/mol. The first kappa shape index (κ1) is 9.39. The van der Waals surface area contributed by atoms with Crippen molar-refractivity contribution in [1.82, 2.24) is 4.31 Å². The lowest BCUT2D eigenvalue weighted by Crippen LogP contribution is -2.51. The molecule has 0 unspecified atom stereocenters. The highest BCUT2D eigenvalue weighted by Gasteiger charge is 2.40. The van der Waals surface area contributed by atoms with Crippen LogP contribution in [-0.4, -0.2) is 38.0 Å². The van der Waals surface area contributed by atoms with E-state index in [2.05, 4.69) is 0 Å². The lowest BCUT2D eigenvalue weighted by atomic mass is 10.0. The van der Waals surface area contributed by atoms with Crippen LogP contribution in [0.15, 0.2) is 0 Å². The molecule has 5 nitrogen and oxygen atoms in total. The number of piperidine rings is 1. The number of nitrogens with two attached hydrogens (primary N) is 1. The fraction of sp³-hybridized carbons (Fsp3) is 1.00. The quantitative estimate of drug-likeness (QED) is 0.625. The summed E-state index contributed by atoms with van der Waals surface area (Å²) in [5.41, 5.74) is 0. The molecule has 2 saturated heterocycles. The van der Waals surface area contributed by atoms with E-state index in [1.54, 1.807) is 0 Å². The van der Waals surface area contributed by atoms with Gasteiger partial charge in [-0.15, -0.1) is 0 Å². The molecule has 0 bridgehead atoms. The third-order valence-corrected chi connectivity index (χ3v) is 3.85. The first-order valence-electron chi connectivity index (χ1n) is 4.50. The zero-order chi connectivity index (χ0) is 9.47. The lowest BCUT2D eigenvalue weighted by Gasteiger charge is -2.33. The molecule has 2 rings (SSSR count). The smallest absolute Gasteiger partial charge is 0.277 e. The zero-order valence-electron chi connectivity index (χ0n) is 7.35. The molecule has 76 valence electrons. The normalized spacial score (nSPS) is 36.1. The van der Waals surface area contributed by atoms with Crippen LogP contribution in [0.1, 0.15) is 19.3 Å². The van der Waals surface area contributed by atoms with Gasteiger partial charge in [-0.1, -0.05) is 0 Å². The second-order valence-corrected chi connectivity index (χ2v) is 5.06. The Hall–Kier alpha value is -0.170. The SMILES string of the molecule is NS(=O)(=O)N1CCC[C@H]2OCC[C@H]21. The summed E-state index contributed by atoms with van der Waals surface area (Å²) in [6.07, 6.45) is 2.65. The minimum atomic E-state index is -3.53. The van der Waals surface area contributed by atoms with Crippen molar-refractivity contribution >= 4 is 10.2 Å². The second-order valence-electron chi connectivity index (χ2n) is 3.56. The number of fused-ring (bicyclic) bond motifs is 1. The molecule has 2 aliphatic rings. The number of rotatable bonds is 1. The number of hydrogen-bond acceptors (Lipinski definition) is 3. The molecule has 13 heavy (non-hydrogen) atoms. The third kappa shape index (κ3) is 1.71. The number of ether oxygens (including phenoxy) is 1. The average Bonchev–Trinajstić information content (AvgIpc) is 2.48. The molecule has 2 atom stereocenters. The van der Waals surface area contributed by atoms with Gasteiger partial charge >= 0.3 is 0 Å². The van der Waals surface area contributed by atoms with Crippen LogP contribution < -0.4 is 5.14 Å². The van der Waals surface area contributed by atoms with E-state index >= 15 is 0 Å². The summed E-state index contributed by atoms with van der Waals surface area (Å²) in [5, 5.41) is 5.11. The van der Waals surface area contributed by atoms with Gasteiger partial charge in [-0.25, -0.2) is 5.14 Å². The van der Waals surface area contributed by atoms with Crippen LogP contribution in [0.25, 0.3) is 0 Å². The summed E-state index contributed by atoms with van der Waals surface area (Å²) in [4.78, 5) is 0. The van der Waals surface area contributed by atoms with E-state index in [-0.39, 0.29) is 12.1 Å². The molecule has 0 aromatic carbocycles. The predicted molar refractivity (Wildman–Crippen MR) is 47.2 cm³/mol. The van der Waals surface area contributed by atoms with Gasteiger partial charge in [0.25, 0.3) is 10.2 Å². The highest BCUT2D eigenvalue weighted by molar-refractivity contribution is 7.86. The number of hydrogen-bond donors (Lipinski definition) is 1. The Kier molecular flexibility index (Phi) is 2.31. The zero-order valence-corrected chi connectivity index (χ0v) is 8.16. The van der Waals surface area contributed by atoms with Crippen molar-refractivity contribution in [1.29, 1.82) is 0 Å². The molecule has 2 fully saturated rings. The Bertz CT molecular complexity index is 290. The highest BCUT2D eigenvalue weighted by Crippen LogP contribution is 2.28. The van der Waals surface area contributed by atoms with Gasteiger partial charge in [0.05, 0.1) is 12.1 Å². The molecule has 0 radical (unpaired) electrons. The number of nitrogens with zero attached hydrogens (tertiary/aromatic N) is 1. The minimum absolute atomic E-state index is 0.0104. The van der Waals surface area contributed by atoms with E-state index < -0.39 is 10.2 Å². The molecular weight excluding hydrogens is 192 g/mol. The van der Waals surface area contributed by atoms with Gasteiger partial charge in [-0.3, -0.25) is 0 Å². The Morgan fingerprint density at radius 2 is 2.15 bits per heavy atom. The van der Waals surface area contributed by atoms with Crippen molar-refractivity contribution in [3.8, 4) is 0 Å². The van der Waals surface area contributed by atoms with E-state index in [1.807, 2.05) is 0 Å². The molecule has 0 amide bonds. The van der Waals surface area contributed by atoms with Crippen molar-refractivity contribution in [2.45, 2.75) is 31.4 Å². The van der Waals surface area contributed by atoms with Crippen molar-refractivity contribution in [3.05, 3.63) is 0 Å². The topological polar surface area (TPSA) is 72.6 Å². The Morgan fingerprint density at radius 1 is 1.38 bits per heavy atom. The van der Waals surface area contributed by atoms with E-state index in [0.29, 0.717) is 13.2 Å². The Morgan fingerprint density at radius 3 is 2.85 bits per heavy atom. The molecule has 0 aliphatic carbocycles. The van der Waals surface area contributed by atoms with Crippen LogP contribution >= 0.6 is 0 Å². The minimum Gasteiger partial charge on any atom is -0.376 e. The fourth-order valence-corrected chi connectivity index (χ4v) is 3.17. The van der Waals surface area contributed by atoms with Crippen LogP contribution in [0, 0.1) is 0 Å². The predicted octanol–water partition coefficient (Wildman–Crippen LogP) is -0.557. The lowest BCUT2D eigenvalue weighted by molar-refractivity contribution is 0.0554. The maximum absolute atomic E-state index is 11.2. The molecule has 2 heterocycles. The van der Waals surface area contributed by atoms with Crippen molar-refractivity contribution in [3.63, 3.8) is 0 Å². The molecule has 0 aromatic rings. The van der Waals surface area contributed by atoms with Gasteiger partial charge in [0.2, 0.25) is 0 Å². The van der Waals surface area contributed by atoms with Crippen LogP contribution in [-0.2, 0) is 14.9 Å².